The summed E-state index contributed by atoms with van der Waals surface area (Å²) in [6, 6.07) is 14.8. The molecule has 0 saturated carbocycles. The molecule has 2 aliphatic rings. The average molecular weight is 437 g/mol. The van der Waals surface area contributed by atoms with Gasteiger partial charge in [0.15, 0.2) is 11.5 Å². The highest BCUT2D eigenvalue weighted by Gasteiger charge is 2.19. The molecule has 0 spiro atoms. The molecule has 4 rings (SSSR count). The fourth-order valence-electron chi connectivity index (χ4n) is 3.68. The molecule has 0 bridgehead atoms. The summed E-state index contributed by atoms with van der Waals surface area (Å²) in [5, 5.41) is 5.06. The number of hydrogen-bond acceptors (Lipinski definition) is 6. The number of amides is 3. The second-order valence-corrected chi connectivity index (χ2v) is 7.75. The number of urea groups is 1. The molecule has 8 heteroatoms. The van der Waals surface area contributed by atoms with E-state index in [2.05, 4.69) is 44.7 Å². The summed E-state index contributed by atoms with van der Waals surface area (Å²) in [6.07, 6.45) is 4.29. The molecule has 2 heterocycles. The molecule has 1 fully saturated rings. The van der Waals surface area contributed by atoms with Gasteiger partial charge in [0.05, 0.1) is 6.54 Å². The van der Waals surface area contributed by atoms with Crippen LogP contribution in [0, 0.1) is 0 Å². The van der Waals surface area contributed by atoms with Gasteiger partial charge in [-0.2, -0.15) is 0 Å². The van der Waals surface area contributed by atoms with E-state index in [0.717, 1.165) is 32.7 Å². The van der Waals surface area contributed by atoms with Crippen molar-refractivity contribution < 1.29 is 19.1 Å². The smallest absolute Gasteiger partial charge is 0.325 e. The number of nitrogens with one attached hydrogen (secondary N) is 2. The molecule has 0 aliphatic carbocycles. The Kier molecular flexibility index (Phi) is 7.37. The Morgan fingerprint density at radius 1 is 0.906 bits per heavy atom. The lowest BCUT2D eigenvalue weighted by atomic mass is 10.2. The second-order valence-electron chi connectivity index (χ2n) is 7.75. The van der Waals surface area contributed by atoms with Crippen LogP contribution in [0.3, 0.4) is 0 Å². The molecule has 168 valence electrons. The number of carbonyl (C=O) groups excluding carboxylic acids is 2. The van der Waals surface area contributed by atoms with E-state index in [4.69, 9.17) is 9.47 Å². The predicted molar refractivity (Wildman–Crippen MR) is 123 cm³/mol. The number of fused-ring (bicyclic) bond motifs is 1. The number of anilines is 1. The molecule has 0 unspecified atom stereocenters. The Bertz CT molecular complexity index is 956. The third-order valence-corrected chi connectivity index (χ3v) is 5.36. The summed E-state index contributed by atoms with van der Waals surface area (Å²) in [6.45, 7) is 5.40. The van der Waals surface area contributed by atoms with Gasteiger partial charge < -0.3 is 14.8 Å². The Morgan fingerprint density at radius 2 is 1.62 bits per heavy atom. The first-order chi connectivity index (χ1) is 15.7. The minimum Gasteiger partial charge on any atom is -0.486 e. The van der Waals surface area contributed by atoms with Gasteiger partial charge in [-0.3, -0.25) is 19.9 Å². The predicted octanol–water partition coefficient (Wildman–Crippen LogP) is 2.44. The number of imide groups is 1. The van der Waals surface area contributed by atoms with Crippen molar-refractivity contribution in [3.05, 3.63) is 60.2 Å². The van der Waals surface area contributed by atoms with Crippen LogP contribution in [0.4, 0.5) is 10.5 Å². The highest BCUT2D eigenvalue weighted by atomic mass is 16.6. The van der Waals surface area contributed by atoms with Crippen molar-refractivity contribution in [1.82, 2.24) is 15.1 Å². The highest BCUT2D eigenvalue weighted by Crippen LogP contribution is 2.32. The van der Waals surface area contributed by atoms with Crippen LogP contribution < -0.4 is 20.1 Å². The Hall–Kier alpha value is -3.36. The van der Waals surface area contributed by atoms with Crippen LogP contribution in [0.15, 0.2) is 54.6 Å². The fourth-order valence-corrected chi connectivity index (χ4v) is 3.68. The Labute approximate surface area is 187 Å². The van der Waals surface area contributed by atoms with Gasteiger partial charge in [-0.15, -0.1) is 0 Å². The molecule has 2 aromatic carbocycles. The molecule has 2 N–H and O–H groups in total. The average Bonchev–Trinajstić information content (AvgIpc) is 2.81. The van der Waals surface area contributed by atoms with E-state index in [9.17, 15) is 9.59 Å². The van der Waals surface area contributed by atoms with E-state index in [0.29, 0.717) is 30.4 Å². The highest BCUT2D eigenvalue weighted by molar-refractivity contribution is 6.01. The zero-order valence-electron chi connectivity index (χ0n) is 18.0. The lowest BCUT2D eigenvalue weighted by Gasteiger charge is -2.33. The topological polar surface area (TPSA) is 83.1 Å². The summed E-state index contributed by atoms with van der Waals surface area (Å²) in [4.78, 5) is 28.9. The fraction of sp³-hybridized carbons (Fsp3) is 0.333. The molecular formula is C24H28N4O4. The van der Waals surface area contributed by atoms with Crippen molar-refractivity contribution in [1.29, 1.82) is 0 Å². The number of hydrogen-bond donors (Lipinski definition) is 2. The van der Waals surface area contributed by atoms with Gasteiger partial charge in [-0.05, 0) is 17.7 Å². The molecule has 0 atom stereocenters. The van der Waals surface area contributed by atoms with Gasteiger partial charge in [-0.1, -0.05) is 42.5 Å². The van der Waals surface area contributed by atoms with Crippen molar-refractivity contribution >= 4 is 23.7 Å². The maximum atomic E-state index is 12.3. The van der Waals surface area contributed by atoms with Crippen molar-refractivity contribution in [3.63, 3.8) is 0 Å². The summed E-state index contributed by atoms with van der Waals surface area (Å²) in [5.41, 5.74) is 1.73. The summed E-state index contributed by atoms with van der Waals surface area (Å²) < 4.78 is 11.0. The second kappa shape index (κ2) is 10.8. The lowest BCUT2D eigenvalue weighted by Crippen LogP contribution is -2.50. The van der Waals surface area contributed by atoms with Gasteiger partial charge in [-0.25, -0.2) is 4.79 Å². The van der Waals surface area contributed by atoms with Gasteiger partial charge in [0.2, 0.25) is 5.91 Å². The molecule has 8 nitrogen and oxygen atoms in total. The Balaban J connectivity index is 1.16. The van der Waals surface area contributed by atoms with E-state index in [1.54, 1.807) is 18.2 Å². The number of carbonyl (C=O) groups is 2. The van der Waals surface area contributed by atoms with Crippen molar-refractivity contribution in [2.24, 2.45) is 0 Å². The maximum Gasteiger partial charge on any atom is 0.325 e. The van der Waals surface area contributed by atoms with E-state index >= 15 is 0 Å². The normalized spacial score (nSPS) is 16.6. The van der Waals surface area contributed by atoms with E-state index < -0.39 is 6.03 Å². The van der Waals surface area contributed by atoms with Crippen LogP contribution in [0.2, 0.25) is 0 Å². The summed E-state index contributed by atoms with van der Waals surface area (Å²) in [5.74, 6) is 0.905. The first-order valence-electron chi connectivity index (χ1n) is 10.8. The molecule has 3 amide bonds. The van der Waals surface area contributed by atoms with Crippen LogP contribution >= 0.6 is 0 Å². The molecule has 0 radical (unpaired) electrons. The lowest BCUT2D eigenvalue weighted by molar-refractivity contribution is -0.121. The Morgan fingerprint density at radius 3 is 2.41 bits per heavy atom. The van der Waals surface area contributed by atoms with Gasteiger partial charge in [0.25, 0.3) is 0 Å². The van der Waals surface area contributed by atoms with Gasteiger partial charge in [0.1, 0.15) is 13.2 Å². The van der Waals surface area contributed by atoms with Crippen LogP contribution in [0.1, 0.15) is 5.56 Å². The number of ether oxygens (including phenoxy) is 2. The van der Waals surface area contributed by atoms with Crippen LogP contribution in [0.5, 0.6) is 11.5 Å². The molecule has 2 aromatic rings. The quantitative estimate of drug-likeness (QED) is 0.724. The zero-order chi connectivity index (χ0) is 22.2. The largest absolute Gasteiger partial charge is 0.486 e. The van der Waals surface area contributed by atoms with Crippen molar-refractivity contribution in [2.45, 2.75) is 0 Å². The number of nitrogens with zero attached hydrogens (tertiary/aromatic N) is 2. The van der Waals surface area contributed by atoms with E-state index in [1.807, 2.05) is 18.2 Å². The van der Waals surface area contributed by atoms with E-state index in [-0.39, 0.29) is 12.5 Å². The standard InChI is InChI=1S/C24H28N4O4/c29-23(26-24(30)25-20-8-9-21-22(17-20)32-16-15-31-21)18-28-13-11-27(12-14-28)10-4-7-19-5-2-1-3-6-19/h1-9,17H,10-16,18H2,(H2,25,26,29,30)/b7-4+. The zero-order valence-corrected chi connectivity index (χ0v) is 18.0. The van der Waals surface area contributed by atoms with Crippen LogP contribution in [-0.2, 0) is 4.79 Å². The van der Waals surface area contributed by atoms with E-state index in [1.165, 1.54) is 5.56 Å². The summed E-state index contributed by atoms with van der Waals surface area (Å²) >= 11 is 0. The van der Waals surface area contributed by atoms with Crippen LogP contribution in [-0.4, -0.2) is 74.2 Å². The first kappa shape index (κ1) is 21.9. The number of piperazine rings is 1. The minimum atomic E-state index is -0.559. The minimum absolute atomic E-state index is 0.197. The van der Waals surface area contributed by atoms with Crippen molar-refractivity contribution in [2.75, 3.05) is 57.8 Å². The third-order valence-electron chi connectivity index (χ3n) is 5.36. The van der Waals surface area contributed by atoms with Crippen molar-refractivity contribution in [3.8, 4) is 11.5 Å². The molecule has 2 aliphatic heterocycles. The molecular weight excluding hydrogens is 408 g/mol. The third kappa shape index (κ3) is 6.32. The summed E-state index contributed by atoms with van der Waals surface area (Å²) in [7, 11) is 0. The van der Waals surface area contributed by atoms with Gasteiger partial charge >= 0.3 is 6.03 Å². The van der Waals surface area contributed by atoms with Crippen LogP contribution in [0.25, 0.3) is 6.08 Å². The molecule has 0 aromatic heterocycles. The maximum absolute atomic E-state index is 12.3. The molecule has 1 saturated heterocycles. The molecule has 32 heavy (non-hydrogen) atoms. The number of benzene rings is 2. The first-order valence-corrected chi connectivity index (χ1v) is 10.8. The number of rotatable bonds is 6. The SMILES string of the molecule is O=C(CN1CCN(C/C=C/c2ccccc2)CC1)NC(=O)Nc1ccc2c(c1)OCCO2. The monoisotopic (exact) mass is 436 g/mol. The van der Waals surface area contributed by atoms with Gasteiger partial charge in [0, 0.05) is 44.5 Å².